The number of aromatic nitrogens is 1. The van der Waals surface area contributed by atoms with Crippen LogP contribution in [0.5, 0.6) is 0 Å². The molecule has 1 aromatic rings. The van der Waals surface area contributed by atoms with Crippen LogP contribution in [0.2, 0.25) is 0 Å². The van der Waals surface area contributed by atoms with Gasteiger partial charge in [-0.3, -0.25) is 0 Å². The zero-order valence-corrected chi connectivity index (χ0v) is 13.6. The smallest absolute Gasteiger partial charge is 0.238 e. The molecular formula is C14H23N5O2S. The molecule has 1 aliphatic carbocycles. The molecule has 4 N–H and O–H groups in total. The van der Waals surface area contributed by atoms with Gasteiger partial charge in [0.2, 0.25) is 16.0 Å². The fourth-order valence-electron chi connectivity index (χ4n) is 2.63. The number of guanidine groups is 1. The van der Waals surface area contributed by atoms with E-state index in [1.165, 1.54) is 3.97 Å². The average molecular weight is 325 g/mol. The summed E-state index contributed by atoms with van der Waals surface area (Å²) in [7, 11) is -3.31. The standard InChI is InChI=1S/C14H23N5O2S/c1-2-3-4-10-22(20,21)19-9-8-11-12(17-18-14(15)16)6-5-7-13(11)19/h8-9H,2-7,10H2,1H3,(H4,15,16,18)/b17-12-. The Balaban J connectivity index is 2.31. The maximum Gasteiger partial charge on any atom is 0.238 e. The predicted octanol–water partition coefficient (Wildman–Crippen LogP) is 1.17. The lowest BCUT2D eigenvalue weighted by Crippen LogP contribution is -2.23. The molecule has 1 aliphatic rings. The van der Waals surface area contributed by atoms with E-state index in [2.05, 4.69) is 17.1 Å². The summed E-state index contributed by atoms with van der Waals surface area (Å²) in [5.74, 6) is 0.0637. The Kier molecular flexibility index (Phi) is 5.23. The lowest BCUT2D eigenvalue weighted by molar-refractivity contribution is 0.579. The van der Waals surface area contributed by atoms with Gasteiger partial charge in [0.05, 0.1) is 11.5 Å². The molecule has 0 spiro atoms. The molecular weight excluding hydrogens is 302 g/mol. The molecule has 0 atom stereocenters. The topological polar surface area (TPSA) is 116 Å². The highest BCUT2D eigenvalue weighted by Gasteiger charge is 2.24. The van der Waals surface area contributed by atoms with E-state index in [0.29, 0.717) is 6.42 Å². The number of nitrogens with two attached hydrogens (primary N) is 2. The summed E-state index contributed by atoms with van der Waals surface area (Å²) in [5, 5.41) is 7.72. The first kappa shape index (κ1) is 16.5. The van der Waals surface area contributed by atoms with Crippen molar-refractivity contribution in [1.82, 2.24) is 3.97 Å². The maximum absolute atomic E-state index is 12.5. The van der Waals surface area contributed by atoms with E-state index in [4.69, 9.17) is 11.5 Å². The van der Waals surface area contributed by atoms with E-state index in [0.717, 1.165) is 49.1 Å². The van der Waals surface area contributed by atoms with E-state index in [1.54, 1.807) is 12.3 Å². The van der Waals surface area contributed by atoms with E-state index in [9.17, 15) is 8.42 Å². The second-order valence-electron chi connectivity index (χ2n) is 5.42. The second-order valence-corrected chi connectivity index (χ2v) is 7.39. The van der Waals surface area contributed by atoms with Crippen molar-refractivity contribution in [3.8, 4) is 0 Å². The van der Waals surface area contributed by atoms with Gasteiger partial charge >= 0.3 is 0 Å². The molecule has 0 bridgehead atoms. The van der Waals surface area contributed by atoms with Gasteiger partial charge in [-0.1, -0.05) is 19.8 Å². The zero-order valence-electron chi connectivity index (χ0n) is 12.8. The van der Waals surface area contributed by atoms with Crippen molar-refractivity contribution in [2.24, 2.45) is 21.7 Å². The molecule has 7 nitrogen and oxygen atoms in total. The fraction of sp³-hybridized carbons (Fsp3) is 0.571. The van der Waals surface area contributed by atoms with Crippen LogP contribution in [0, 0.1) is 0 Å². The van der Waals surface area contributed by atoms with E-state index < -0.39 is 10.0 Å². The van der Waals surface area contributed by atoms with Crippen molar-refractivity contribution in [2.45, 2.75) is 45.4 Å². The van der Waals surface area contributed by atoms with Gasteiger partial charge < -0.3 is 11.5 Å². The van der Waals surface area contributed by atoms with Gasteiger partial charge in [0.25, 0.3) is 0 Å². The van der Waals surface area contributed by atoms with E-state index in [-0.39, 0.29) is 11.7 Å². The molecule has 122 valence electrons. The Morgan fingerprint density at radius 1 is 1.32 bits per heavy atom. The number of rotatable bonds is 6. The highest BCUT2D eigenvalue weighted by molar-refractivity contribution is 7.89. The summed E-state index contributed by atoms with van der Waals surface area (Å²) in [6, 6.07) is 1.78. The monoisotopic (exact) mass is 325 g/mol. The fourth-order valence-corrected chi connectivity index (χ4v) is 4.17. The van der Waals surface area contributed by atoms with Crippen LogP contribution in [0.1, 0.15) is 50.3 Å². The first-order valence-electron chi connectivity index (χ1n) is 7.55. The average Bonchev–Trinajstić information content (AvgIpc) is 2.90. The molecule has 0 aromatic carbocycles. The van der Waals surface area contributed by atoms with E-state index >= 15 is 0 Å². The normalized spacial score (nSPS) is 16.5. The predicted molar refractivity (Wildman–Crippen MR) is 88.4 cm³/mol. The summed E-state index contributed by atoms with van der Waals surface area (Å²) in [6.07, 6.45) is 6.50. The van der Waals surface area contributed by atoms with Crippen molar-refractivity contribution < 1.29 is 8.42 Å². The zero-order chi connectivity index (χ0) is 16.2. The van der Waals surface area contributed by atoms with Crippen LogP contribution in [0.15, 0.2) is 22.5 Å². The lowest BCUT2D eigenvalue weighted by Gasteiger charge is -2.17. The number of hydrogen-bond acceptors (Lipinski definition) is 4. The molecule has 0 amide bonds. The van der Waals surface area contributed by atoms with Crippen molar-refractivity contribution >= 4 is 21.7 Å². The van der Waals surface area contributed by atoms with E-state index in [1.807, 2.05) is 0 Å². The van der Waals surface area contributed by atoms with Crippen molar-refractivity contribution in [3.63, 3.8) is 0 Å². The molecule has 8 heteroatoms. The summed E-state index contributed by atoms with van der Waals surface area (Å²) >= 11 is 0. The van der Waals surface area contributed by atoms with Gasteiger partial charge in [-0.2, -0.15) is 5.10 Å². The number of hydrogen-bond donors (Lipinski definition) is 2. The minimum absolute atomic E-state index is 0.105. The van der Waals surface area contributed by atoms with Crippen LogP contribution < -0.4 is 11.5 Å². The summed E-state index contributed by atoms with van der Waals surface area (Å²) in [4.78, 5) is 0. The number of nitrogens with zero attached hydrogens (tertiary/aromatic N) is 3. The highest BCUT2D eigenvalue weighted by atomic mass is 32.2. The largest absolute Gasteiger partial charge is 0.369 e. The summed E-state index contributed by atoms with van der Waals surface area (Å²) in [5.41, 5.74) is 12.9. The molecule has 2 rings (SSSR count). The van der Waals surface area contributed by atoms with Crippen molar-refractivity contribution in [3.05, 3.63) is 23.5 Å². The molecule has 0 radical (unpaired) electrons. The molecule has 1 aromatic heterocycles. The minimum Gasteiger partial charge on any atom is -0.369 e. The second kappa shape index (κ2) is 6.95. The molecule has 1 heterocycles. The van der Waals surface area contributed by atoms with Crippen LogP contribution >= 0.6 is 0 Å². The minimum atomic E-state index is -3.31. The number of unbranched alkanes of at least 4 members (excludes halogenated alkanes) is 2. The van der Waals surface area contributed by atoms with Crippen molar-refractivity contribution in [2.75, 3.05) is 5.75 Å². The Labute approximate surface area is 131 Å². The molecule has 0 saturated heterocycles. The highest BCUT2D eigenvalue weighted by Crippen LogP contribution is 2.25. The Bertz CT molecular complexity index is 684. The van der Waals surface area contributed by atoms with Gasteiger partial charge in [-0.25, -0.2) is 12.4 Å². The maximum atomic E-state index is 12.5. The molecule has 0 fully saturated rings. The number of fused-ring (bicyclic) bond motifs is 1. The third-order valence-corrected chi connectivity index (χ3v) is 5.43. The summed E-state index contributed by atoms with van der Waals surface area (Å²) < 4.78 is 26.3. The van der Waals surface area contributed by atoms with Crippen LogP contribution in [0.25, 0.3) is 0 Å². The van der Waals surface area contributed by atoms with Crippen LogP contribution in [-0.2, 0) is 16.4 Å². The Morgan fingerprint density at radius 2 is 2.09 bits per heavy atom. The van der Waals surface area contributed by atoms with Gasteiger partial charge in [0.1, 0.15) is 0 Å². The SMILES string of the molecule is CCCCCS(=O)(=O)n1ccc2c1CCC/C2=N/N=C(N)N. The first-order chi connectivity index (χ1) is 10.5. The quantitative estimate of drug-likeness (QED) is 0.353. The molecule has 0 saturated carbocycles. The third-order valence-electron chi connectivity index (χ3n) is 3.68. The molecule has 0 aliphatic heterocycles. The molecule has 22 heavy (non-hydrogen) atoms. The van der Waals surface area contributed by atoms with Gasteiger partial charge in [-0.05, 0) is 31.7 Å². The lowest BCUT2D eigenvalue weighted by atomic mass is 9.96. The van der Waals surface area contributed by atoms with Crippen molar-refractivity contribution in [1.29, 1.82) is 0 Å². The van der Waals surface area contributed by atoms with Crippen LogP contribution in [0.4, 0.5) is 0 Å². The Morgan fingerprint density at radius 3 is 2.77 bits per heavy atom. The van der Waals surface area contributed by atoms with Gasteiger partial charge in [0, 0.05) is 17.5 Å². The van der Waals surface area contributed by atoms with Gasteiger partial charge in [0.15, 0.2) is 0 Å². The Hall–Kier alpha value is -1.83. The van der Waals surface area contributed by atoms with Gasteiger partial charge in [-0.15, -0.1) is 5.10 Å². The van der Waals surface area contributed by atoms with Crippen LogP contribution in [0.3, 0.4) is 0 Å². The summed E-state index contributed by atoms with van der Waals surface area (Å²) in [6.45, 7) is 2.05. The first-order valence-corrected chi connectivity index (χ1v) is 9.16. The van der Waals surface area contributed by atoms with Crippen LogP contribution in [-0.4, -0.2) is 29.8 Å². The third kappa shape index (κ3) is 3.68. The molecule has 0 unspecified atom stereocenters.